The molecule has 0 bridgehead atoms. The summed E-state index contributed by atoms with van der Waals surface area (Å²) in [5, 5.41) is 11.0. The van der Waals surface area contributed by atoms with Gasteiger partial charge in [-0.15, -0.1) is 0 Å². The summed E-state index contributed by atoms with van der Waals surface area (Å²) in [5.41, 5.74) is 5.38. The number of anilines is 1. The number of benzene rings is 2. The third-order valence-electron chi connectivity index (χ3n) is 5.37. The Hall–Kier alpha value is -3.62. The van der Waals surface area contributed by atoms with Gasteiger partial charge in [-0.3, -0.25) is 30.6 Å². The van der Waals surface area contributed by atoms with E-state index in [2.05, 4.69) is 24.7 Å². The van der Waals surface area contributed by atoms with E-state index >= 15 is 0 Å². The number of hydrogen-bond donors (Lipinski definition) is 2. The van der Waals surface area contributed by atoms with Crippen molar-refractivity contribution < 1.29 is 19.2 Å². The van der Waals surface area contributed by atoms with Crippen LogP contribution < -0.4 is 15.6 Å². The number of piperidine rings is 1. The number of ether oxygens (including phenoxy) is 1. The number of carbonyl (C=O) groups excluding carboxylic acids is 2. The summed E-state index contributed by atoms with van der Waals surface area (Å²) in [6.45, 7) is 4.05. The molecule has 0 aromatic heterocycles. The molecule has 2 N–H and O–H groups in total. The molecule has 31 heavy (non-hydrogen) atoms. The summed E-state index contributed by atoms with van der Waals surface area (Å²) >= 11 is 0. The summed E-state index contributed by atoms with van der Waals surface area (Å²) < 4.78 is 5.61. The molecule has 2 aromatic carbocycles. The molecule has 0 radical (unpaired) electrons. The van der Waals surface area contributed by atoms with Crippen molar-refractivity contribution in [1.82, 2.24) is 10.3 Å². The lowest BCUT2D eigenvalue weighted by atomic mass is 9.97. The second kappa shape index (κ2) is 9.92. The predicted molar refractivity (Wildman–Crippen MR) is 116 cm³/mol. The number of likely N-dealkylation sites (tertiary alicyclic amines) is 1. The lowest BCUT2D eigenvalue weighted by molar-refractivity contribution is -0.384. The zero-order valence-corrected chi connectivity index (χ0v) is 17.5. The Morgan fingerprint density at radius 2 is 1.74 bits per heavy atom. The molecular weight excluding hydrogens is 400 g/mol. The number of carbonyl (C=O) groups is 2. The van der Waals surface area contributed by atoms with Crippen molar-refractivity contribution in [3.63, 3.8) is 0 Å². The van der Waals surface area contributed by atoms with Crippen molar-refractivity contribution >= 4 is 23.2 Å². The molecule has 1 aliphatic heterocycles. The standard InChI is InChI=1S/C22H26N4O5/c1-15-6-5-7-16(2)25(15)21(27)14-31-18-12-10-17(11-13-18)22(28)24-23-19-8-3-4-9-20(19)26(29)30/h3-4,8-13,15-16,23H,5-7,14H2,1-2H3,(H,24,28). The summed E-state index contributed by atoms with van der Waals surface area (Å²) in [7, 11) is 0. The fourth-order valence-electron chi connectivity index (χ4n) is 3.77. The van der Waals surface area contributed by atoms with Gasteiger partial charge in [0.15, 0.2) is 6.61 Å². The Balaban J connectivity index is 1.53. The number of nitro benzene ring substituents is 1. The highest BCUT2D eigenvalue weighted by Gasteiger charge is 2.29. The van der Waals surface area contributed by atoms with Gasteiger partial charge in [-0.2, -0.15) is 0 Å². The van der Waals surface area contributed by atoms with Crippen LogP contribution in [0.25, 0.3) is 0 Å². The highest BCUT2D eigenvalue weighted by molar-refractivity contribution is 5.95. The van der Waals surface area contributed by atoms with Gasteiger partial charge in [-0.05, 0) is 63.4 Å². The summed E-state index contributed by atoms with van der Waals surface area (Å²) in [4.78, 5) is 37.2. The summed E-state index contributed by atoms with van der Waals surface area (Å²) in [6.07, 6.45) is 3.13. The van der Waals surface area contributed by atoms with E-state index in [4.69, 9.17) is 4.74 Å². The van der Waals surface area contributed by atoms with Crippen LogP contribution in [-0.4, -0.2) is 40.3 Å². The number of rotatable bonds is 7. The number of amides is 2. The summed E-state index contributed by atoms with van der Waals surface area (Å²) in [6, 6.07) is 12.8. The zero-order valence-electron chi connectivity index (χ0n) is 17.5. The number of hydrazine groups is 1. The minimum Gasteiger partial charge on any atom is -0.484 e. The molecule has 0 spiro atoms. The monoisotopic (exact) mass is 426 g/mol. The lowest BCUT2D eigenvalue weighted by Gasteiger charge is -2.38. The first-order chi connectivity index (χ1) is 14.9. The van der Waals surface area contributed by atoms with Crippen molar-refractivity contribution in [3.05, 3.63) is 64.2 Å². The molecular formula is C22H26N4O5. The van der Waals surface area contributed by atoms with Crippen LogP contribution in [-0.2, 0) is 4.79 Å². The molecule has 1 heterocycles. The molecule has 1 saturated heterocycles. The van der Waals surface area contributed by atoms with Gasteiger partial charge in [-0.25, -0.2) is 0 Å². The molecule has 1 aliphatic rings. The molecule has 2 aromatic rings. The Morgan fingerprint density at radius 1 is 1.10 bits per heavy atom. The second-order valence-electron chi connectivity index (χ2n) is 7.60. The van der Waals surface area contributed by atoms with Gasteiger partial charge in [0.25, 0.3) is 17.5 Å². The molecule has 3 rings (SSSR count). The SMILES string of the molecule is CC1CCCC(C)N1C(=O)COc1ccc(C(=O)NNc2ccccc2[N+](=O)[O-])cc1. The molecule has 9 nitrogen and oxygen atoms in total. The van der Waals surface area contributed by atoms with Gasteiger partial charge < -0.3 is 9.64 Å². The number of nitrogens with one attached hydrogen (secondary N) is 2. The molecule has 9 heteroatoms. The Bertz CT molecular complexity index is 937. The van der Waals surface area contributed by atoms with Crippen molar-refractivity contribution in [2.45, 2.75) is 45.2 Å². The Morgan fingerprint density at radius 3 is 2.39 bits per heavy atom. The van der Waals surface area contributed by atoms with Crippen LogP contribution in [0.5, 0.6) is 5.75 Å². The van der Waals surface area contributed by atoms with Gasteiger partial charge in [0, 0.05) is 23.7 Å². The van der Waals surface area contributed by atoms with Crippen molar-refractivity contribution in [2.75, 3.05) is 12.0 Å². The average molecular weight is 426 g/mol. The number of nitro groups is 1. The second-order valence-corrected chi connectivity index (χ2v) is 7.60. The summed E-state index contributed by atoms with van der Waals surface area (Å²) in [5.74, 6) is -0.0270. The van der Waals surface area contributed by atoms with Crippen LogP contribution in [0, 0.1) is 10.1 Å². The normalized spacial score (nSPS) is 18.2. The molecule has 164 valence electrons. The molecule has 2 amide bonds. The maximum atomic E-state index is 12.5. The van der Waals surface area contributed by atoms with Crippen molar-refractivity contribution in [3.8, 4) is 5.75 Å². The van der Waals surface area contributed by atoms with Crippen LogP contribution in [0.1, 0.15) is 43.5 Å². The van der Waals surface area contributed by atoms with E-state index in [0.717, 1.165) is 19.3 Å². The smallest absolute Gasteiger partial charge is 0.294 e. The molecule has 1 fully saturated rings. The fourth-order valence-corrected chi connectivity index (χ4v) is 3.77. The molecule has 0 aliphatic carbocycles. The third-order valence-corrected chi connectivity index (χ3v) is 5.37. The highest BCUT2D eigenvalue weighted by atomic mass is 16.6. The van der Waals surface area contributed by atoms with Crippen LogP contribution in [0.2, 0.25) is 0 Å². The maximum absolute atomic E-state index is 12.5. The lowest BCUT2D eigenvalue weighted by Crippen LogP contribution is -2.49. The van der Waals surface area contributed by atoms with Crippen LogP contribution >= 0.6 is 0 Å². The van der Waals surface area contributed by atoms with E-state index in [1.165, 1.54) is 12.1 Å². The number of nitrogens with zero attached hydrogens (tertiary/aromatic N) is 2. The highest BCUT2D eigenvalue weighted by Crippen LogP contribution is 2.24. The van der Waals surface area contributed by atoms with Crippen molar-refractivity contribution in [1.29, 1.82) is 0 Å². The maximum Gasteiger partial charge on any atom is 0.294 e. The van der Waals surface area contributed by atoms with Gasteiger partial charge in [0.1, 0.15) is 11.4 Å². The Labute approximate surface area is 180 Å². The molecule has 2 unspecified atom stereocenters. The van der Waals surface area contributed by atoms with Crippen LogP contribution in [0.4, 0.5) is 11.4 Å². The van der Waals surface area contributed by atoms with Gasteiger partial charge in [0.05, 0.1) is 4.92 Å². The van der Waals surface area contributed by atoms with Gasteiger partial charge in [-0.1, -0.05) is 12.1 Å². The van der Waals surface area contributed by atoms with E-state index in [1.807, 2.05) is 4.90 Å². The van der Waals surface area contributed by atoms with Gasteiger partial charge >= 0.3 is 0 Å². The first-order valence-electron chi connectivity index (χ1n) is 10.2. The first-order valence-corrected chi connectivity index (χ1v) is 10.2. The topological polar surface area (TPSA) is 114 Å². The fraction of sp³-hybridized carbons (Fsp3) is 0.364. The quantitative estimate of drug-likeness (QED) is 0.517. The zero-order chi connectivity index (χ0) is 22.4. The largest absolute Gasteiger partial charge is 0.484 e. The number of para-hydroxylation sites is 2. The molecule has 2 atom stereocenters. The van der Waals surface area contributed by atoms with Gasteiger partial charge in [0.2, 0.25) is 0 Å². The van der Waals surface area contributed by atoms with E-state index in [0.29, 0.717) is 11.3 Å². The van der Waals surface area contributed by atoms with E-state index < -0.39 is 10.8 Å². The molecule has 0 saturated carbocycles. The third kappa shape index (κ3) is 5.50. The van der Waals surface area contributed by atoms with Crippen molar-refractivity contribution in [2.24, 2.45) is 0 Å². The Kier molecular flexibility index (Phi) is 7.07. The average Bonchev–Trinajstić information content (AvgIpc) is 2.76. The minimum absolute atomic E-state index is 0.0461. The van der Waals surface area contributed by atoms with Crippen LogP contribution in [0.3, 0.4) is 0 Å². The van der Waals surface area contributed by atoms with E-state index in [9.17, 15) is 19.7 Å². The van der Waals surface area contributed by atoms with E-state index in [-0.39, 0.29) is 36.0 Å². The minimum atomic E-state index is -0.534. The number of hydrogen-bond acceptors (Lipinski definition) is 6. The van der Waals surface area contributed by atoms with Crippen LogP contribution in [0.15, 0.2) is 48.5 Å². The van der Waals surface area contributed by atoms with E-state index in [1.54, 1.807) is 36.4 Å². The predicted octanol–water partition coefficient (Wildman–Crippen LogP) is 3.52. The first kappa shape index (κ1) is 22.1.